The number of phenols is 1. The van der Waals surface area contributed by atoms with Gasteiger partial charge >= 0.3 is 0 Å². The molecular formula is C13H16N4O. The molecule has 0 bridgehead atoms. The van der Waals surface area contributed by atoms with Gasteiger partial charge in [-0.05, 0) is 30.5 Å². The summed E-state index contributed by atoms with van der Waals surface area (Å²) in [7, 11) is 0. The molecular weight excluding hydrogens is 228 g/mol. The first-order chi connectivity index (χ1) is 8.47. The maximum Gasteiger partial charge on any atom is 0.221 e. The molecule has 2 aromatic rings. The van der Waals surface area contributed by atoms with Gasteiger partial charge in [0.05, 0.1) is 0 Å². The van der Waals surface area contributed by atoms with Crippen molar-refractivity contribution in [3.63, 3.8) is 0 Å². The van der Waals surface area contributed by atoms with Gasteiger partial charge < -0.3 is 16.6 Å². The number of nitrogens with zero attached hydrogens (tertiary/aromatic N) is 2. The van der Waals surface area contributed by atoms with E-state index in [1.54, 1.807) is 6.20 Å². The molecule has 0 aliphatic heterocycles. The largest absolute Gasteiger partial charge is 0.507 e. The second-order valence-corrected chi connectivity index (χ2v) is 4.39. The monoisotopic (exact) mass is 244 g/mol. The number of rotatable bonds is 2. The van der Waals surface area contributed by atoms with Crippen molar-refractivity contribution in [3.8, 4) is 5.75 Å². The van der Waals surface area contributed by atoms with E-state index in [0.29, 0.717) is 18.0 Å². The highest BCUT2D eigenvalue weighted by Crippen LogP contribution is 2.25. The van der Waals surface area contributed by atoms with Crippen molar-refractivity contribution in [1.29, 1.82) is 0 Å². The topological polar surface area (TPSA) is 98.0 Å². The Balaban J connectivity index is 2.34. The van der Waals surface area contributed by atoms with Gasteiger partial charge in [0.2, 0.25) is 5.95 Å². The van der Waals surface area contributed by atoms with E-state index in [-0.39, 0.29) is 5.95 Å². The Bertz CT molecular complexity index is 573. The van der Waals surface area contributed by atoms with E-state index >= 15 is 0 Å². The van der Waals surface area contributed by atoms with E-state index in [0.717, 1.165) is 22.3 Å². The van der Waals surface area contributed by atoms with Crippen LogP contribution in [0.2, 0.25) is 0 Å². The van der Waals surface area contributed by atoms with Crippen molar-refractivity contribution in [2.75, 3.05) is 11.5 Å². The lowest BCUT2D eigenvalue weighted by Gasteiger charge is -2.09. The molecule has 1 aromatic carbocycles. The number of phenolic OH excluding ortho intramolecular Hbond substituents is 1. The highest BCUT2D eigenvalue weighted by atomic mass is 16.3. The van der Waals surface area contributed by atoms with Crippen LogP contribution < -0.4 is 11.5 Å². The van der Waals surface area contributed by atoms with Gasteiger partial charge in [-0.3, -0.25) is 0 Å². The summed E-state index contributed by atoms with van der Waals surface area (Å²) in [5.74, 6) is 0.903. The quantitative estimate of drug-likeness (QED) is 0.744. The predicted octanol–water partition coefficient (Wildman–Crippen LogP) is 1.55. The Labute approximate surface area is 105 Å². The van der Waals surface area contributed by atoms with E-state index in [1.165, 1.54) is 0 Å². The van der Waals surface area contributed by atoms with E-state index in [2.05, 4.69) is 9.97 Å². The number of benzene rings is 1. The molecule has 0 spiro atoms. The molecule has 94 valence electrons. The van der Waals surface area contributed by atoms with Crippen molar-refractivity contribution in [2.45, 2.75) is 20.3 Å². The van der Waals surface area contributed by atoms with Crippen LogP contribution in [-0.4, -0.2) is 15.1 Å². The SMILES string of the molecule is Cc1cc(Cc2cnc(N)nc2N)cc(C)c1O. The first-order valence-electron chi connectivity index (χ1n) is 5.63. The molecule has 1 aromatic heterocycles. The third-order valence-corrected chi connectivity index (χ3v) is 2.86. The van der Waals surface area contributed by atoms with Crippen LogP contribution in [-0.2, 0) is 6.42 Å². The molecule has 0 fully saturated rings. The number of aryl methyl sites for hydroxylation is 2. The van der Waals surface area contributed by atoms with E-state index in [9.17, 15) is 5.11 Å². The first kappa shape index (κ1) is 12.2. The van der Waals surface area contributed by atoms with E-state index in [4.69, 9.17) is 11.5 Å². The fraction of sp³-hybridized carbons (Fsp3) is 0.231. The molecule has 1 heterocycles. The minimum absolute atomic E-state index is 0.175. The molecule has 0 unspecified atom stereocenters. The Morgan fingerprint density at radius 1 is 1.17 bits per heavy atom. The van der Waals surface area contributed by atoms with Gasteiger partial charge in [0.25, 0.3) is 0 Å². The minimum Gasteiger partial charge on any atom is -0.507 e. The third kappa shape index (κ3) is 2.34. The van der Waals surface area contributed by atoms with Crippen molar-refractivity contribution in [2.24, 2.45) is 0 Å². The third-order valence-electron chi connectivity index (χ3n) is 2.86. The van der Waals surface area contributed by atoms with Gasteiger partial charge in [-0.25, -0.2) is 4.98 Å². The van der Waals surface area contributed by atoms with Crippen LogP contribution in [0.15, 0.2) is 18.3 Å². The number of anilines is 2. The van der Waals surface area contributed by atoms with Gasteiger partial charge in [0, 0.05) is 18.2 Å². The zero-order chi connectivity index (χ0) is 13.3. The standard InChI is InChI=1S/C13H16N4O/c1-7-3-9(4-8(2)11(7)18)5-10-6-16-13(15)17-12(10)14/h3-4,6,18H,5H2,1-2H3,(H4,14,15,16,17). The maximum atomic E-state index is 9.72. The van der Waals surface area contributed by atoms with Crippen LogP contribution in [0.25, 0.3) is 0 Å². The summed E-state index contributed by atoms with van der Waals surface area (Å²) in [5, 5.41) is 9.72. The summed E-state index contributed by atoms with van der Waals surface area (Å²) >= 11 is 0. The lowest BCUT2D eigenvalue weighted by Crippen LogP contribution is -2.04. The van der Waals surface area contributed by atoms with Gasteiger partial charge in [0.1, 0.15) is 11.6 Å². The zero-order valence-corrected chi connectivity index (χ0v) is 10.4. The highest BCUT2D eigenvalue weighted by molar-refractivity contribution is 5.47. The zero-order valence-electron chi connectivity index (χ0n) is 10.4. The molecule has 0 saturated carbocycles. The van der Waals surface area contributed by atoms with Crippen LogP contribution in [0.4, 0.5) is 11.8 Å². The second kappa shape index (κ2) is 4.52. The predicted molar refractivity (Wildman–Crippen MR) is 71.2 cm³/mol. The number of hydrogen-bond donors (Lipinski definition) is 3. The van der Waals surface area contributed by atoms with Crippen molar-refractivity contribution < 1.29 is 5.11 Å². The maximum absolute atomic E-state index is 9.72. The van der Waals surface area contributed by atoms with E-state index < -0.39 is 0 Å². The Morgan fingerprint density at radius 3 is 2.33 bits per heavy atom. The number of aromatic nitrogens is 2. The molecule has 5 nitrogen and oxygen atoms in total. The molecule has 0 amide bonds. The summed E-state index contributed by atoms with van der Waals surface area (Å²) in [6.45, 7) is 3.74. The molecule has 5 heteroatoms. The second-order valence-electron chi connectivity index (χ2n) is 4.39. The summed E-state index contributed by atoms with van der Waals surface area (Å²) < 4.78 is 0. The average Bonchev–Trinajstić information content (AvgIpc) is 2.29. The molecule has 0 aliphatic carbocycles. The van der Waals surface area contributed by atoms with Gasteiger partial charge in [-0.2, -0.15) is 4.98 Å². The van der Waals surface area contributed by atoms with Crippen molar-refractivity contribution in [1.82, 2.24) is 9.97 Å². The summed E-state index contributed by atoms with van der Waals surface area (Å²) in [6, 6.07) is 3.86. The van der Waals surface area contributed by atoms with Crippen LogP contribution >= 0.6 is 0 Å². The molecule has 18 heavy (non-hydrogen) atoms. The highest BCUT2D eigenvalue weighted by Gasteiger charge is 2.07. The summed E-state index contributed by atoms with van der Waals surface area (Å²) in [5.41, 5.74) is 14.8. The number of aromatic hydroxyl groups is 1. The number of nitrogen functional groups attached to an aromatic ring is 2. The Hall–Kier alpha value is -2.30. The summed E-state index contributed by atoms with van der Waals surface area (Å²) in [6.07, 6.45) is 2.25. The lowest BCUT2D eigenvalue weighted by atomic mass is 10.0. The molecule has 2 rings (SSSR count). The number of hydrogen-bond acceptors (Lipinski definition) is 5. The van der Waals surface area contributed by atoms with Crippen molar-refractivity contribution >= 4 is 11.8 Å². The average molecular weight is 244 g/mol. The number of nitrogens with two attached hydrogens (primary N) is 2. The first-order valence-corrected chi connectivity index (χ1v) is 5.63. The van der Waals surface area contributed by atoms with Gasteiger partial charge in [-0.1, -0.05) is 12.1 Å². The normalized spacial score (nSPS) is 10.6. The van der Waals surface area contributed by atoms with Crippen LogP contribution in [0.1, 0.15) is 22.3 Å². The minimum atomic E-state index is 0.175. The van der Waals surface area contributed by atoms with Crippen LogP contribution in [0.3, 0.4) is 0 Å². The van der Waals surface area contributed by atoms with Crippen LogP contribution in [0.5, 0.6) is 5.75 Å². The molecule has 0 aliphatic rings. The van der Waals surface area contributed by atoms with E-state index in [1.807, 2.05) is 26.0 Å². The lowest BCUT2D eigenvalue weighted by molar-refractivity contribution is 0.466. The molecule has 5 N–H and O–H groups in total. The molecule has 0 radical (unpaired) electrons. The Morgan fingerprint density at radius 2 is 1.78 bits per heavy atom. The van der Waals surface area contributed by atoms with Gasteiger partial charge in [-0.15, -0.1) is 0 Å². The van der Waals surface area contributed by atoms with Crippen LogP contribution in [0, 0.1) is 13.8 Å². The van der Waals surface area contributed by atoms with Crippen molar-refractivity contribution in [3.05, 3.63) is 40.6 Å². The smallest absolute Gasteiger partial charge is 0.221 e. The fourth-order valence-electron chi connectivity index (χ4n) is 1.94. The Kier molecular flexibility index (Phi) is 3.06. The fourth-order valence-corrected chi connectivity index (χ4v) is 1.94. The van der Waals surface area contributed by atoms with Gasteiger partial charge in [0.15, 0.2) is 0 Å². The molecule has 0 saturated heterocycles. The molecule has 0 atom stereocenters. The summed E-state index contributed by atoms with van der Waals surface area (Å²) in [4.78, 5) is 7.86.